The van der Waals surface area contributed by atoms with Gasteiger partial charge in [-0.3, -0.25) is 9.69 Å². The highest BCUT2D eigenvalue weighted by Crippen LogP contribution is 2.23. The van der Waals surface area contributed by atoms with E-state index in [1.807, 2.05) is 30.3 Å². The van der Waals surface area contributed by atoms with Crippen LogP contribution in [0, 0.1) is 0 Å². The molecule has 2 atom stereocenters. The molecular weight excluding hydrogens is 436 g/mol. The van der Waals surface area contributed by atoms with Crippen molar-refractivity contribution < 1.29 is 9.53 Å². The number of anilines is 1. The van der Waals surface area contributed by atoms with E-state index in [1.54, 1.807) is 11.8 Å². The zero-order valence-electron chi connectivity index (χ0n) is 16.4. The lowest BCUT2D eigenvalue weighted by Gasteiger charge is -2.35. The van der Waals surface area contributed by atoms with Gasteiger partial charge in [0.1, 0.15) is 0 Å². The van der Waals surface area contributed by atoms with Crippen molar-refractivity contribution in [2.75, 3.05) is 24.2 Å². The molecule has 0 aliphatic carbocycles. The van der Waals surface area contributed by atoms with Crippen LogP contribution in [0.1, 0.15) is 25.8 Å². The van der Waals surface area contributed by atoms with Crippen LogP contribution in [-0.4, -0.2) is 41.9 Å². The van der Waals surface area contributed by atoms with E-state index in [0.29, 0.717) is 6.42 Å². The van der Waals surface area contributed by atoms with E-state index < -0.39 is 0 Å². The molecule has 0 radical (unpaired) electrons. The highest BCUT2D eigenvalue weighted by atomic mass is 79.9. The minimum Gasteiger partial charge on any atom is -0.373 e. The number of morpholine rings is 1. The van der Waals surface area contributed by atoms with Gasteiger partial charge >= 0.3 is 0 Å². The molecule has 1 N–H and O–H groups in total. The minimum absolute atomic E-state index is 0.0563. The summed E-state index contributed by atoms with van der Waals surface area (Å²) in [5.74, 6) is 0.814. The first-order chi connectivity index (χ1) is 13.5. The van der Waals surface area contributed by atoms with E-state index in [0.717, 1.165) is 41.1 Å². The largest absolute Gasteiger partial charge is 0.373 e. The molecule has 1 amide bonds. The van der Waals surface area contributed by atoms with Gasteiger partial charge < -0.3 is 10.1 Å². The molecule has 1 heterocycles. The Balaban J connectivity index is 1.52. The number of amides is 1. The number of ether oxygens (including phenoxy) is 1. The maximum Gasteiger partial charge on any atom is 0.225 e. The highest BCUT2D eigenvalue weighted by Gasteiger charge is 2.22. The first-order valence-electron chi connectivity index (χ1n) is 9.63. The summed E-state index contributed by atoms with van der Waals surface area (Å²) in [6, 6.07) is 16.2. The van der Waals surface area contributed by atoms with E-state index in [9.17, 15) is 4.79 Å². The molecule has 0 spiro atoms. The van der Waals surface area contributed by atoms with Crippen molar-refractivity contribution in [3.8, 4) is 0 Å². The number of hydrogen-bond acceptors (Lipinski definition) is 4. The third-order valence-corrected chi connectivity index (χ3v) is 6.13. The van der Waals surface area contributed by atoms with E-state index in [2.05, 4.69) is 58.2 Å². The van der Waals surface area contributed by atoms with Gasteiger partial charge in [-0.2, -0.15) is 0 Å². The smallest absolute Gasteiger partial charge is 0.225 e. The van der Waals surface area contributed by atoms with Gasteiger partial charge in [-0.05, 0) is 49.7 Å². The summed E-state index contributed by atoms with van der Waals surface area (Å²) in [6.07, 6.45) is 0.961. The second-order valence-electron chi connectivity index (χ2n) is 7.21. The molecule has 28 heavy (non-hydrogen) atoms. The number of rotatable bonds is 7. The predicted molar refractivity (Wildman–Crippen MR) is 120 cm³/mol. The fourth-order valence-electron chi connectivity index (χ4n) is 3.44. The van der Waals surface area contributed by atoms with Gasteiger partial charge in [-0.1, -0.05) is 34.1 Å². The first kappa shape index (κ1) is 21.4. The quantitative estimate of drug-likeness (QED) is 0.575. The van der Waals surface area contributed by atoms with Crippen LogP contribution in [0.2, 0.25) is 0 Å². The van der Waals surface area contributed by atoms with Gasteiger partial charge in [0.25, 0.3) is 0 Å². The molecule has 2 unspecified atom stereocenters. The Bertz CT molecular complexity index is 774. The average molecular weight is 463 g/mol. The number of nitrogens with one attached hydrogen (secondary N) is 1. The van der Waals surface area contributed by atoms with Crippen molar-refractivity contribution in [1.82, 2.24) is 4.90 Å². The number of thioether (sulfide) groups is 1. The van der Waals surface area contributed by atoms with Gasteiger partial charge in [0.15, 0.2) is 0 Å². The maximum atomic E-state index is 12.4. The molecule has 1 fully saturated rings. The SMILES string of the molecule is CC1CN(Cc2ccccc2NC(=O)CCSc2ccc(Br)cc2)CC(C)O1. The van der Waals surface area contributed by atoms with E-state index in [1.165, 1.54) is 4.90 Å². The van der Waals surface area contributed by atoms with Crippen LogP contribution < -0.4 is 5.32 Å². The number of hydrogen-bond donors (Lipinski definition) is 1. The van der Waals surface area contributed by atoms with Crippen molar-refractivity contribution in [3.05, 3.63) is 58.6 Å². The van der Waals surface area contributed by atoms with Crippen molar-refractivity contribution in [1.29, 1.82) is 0 Å². The molecule has 0 saturated carbocycles. The zero-order chi connectivity index (χ0) is 19.9. The van der Waals surface area contributed by atoms with Crippen LogP contribution in [-0.2, 0) is 16.1 Å². The Morgan fingerprint density at radius 2 is 1.82 bits per heavy atom. The lowest BCUT2D eigenvalue weighted by atomic mass is 10.1. The summed E-state index contributed by atoms with van der Waals surface area (Å²) >= 11 is 5.14. The van der Waals surface area contributed by atoms with Crippen LogP contribution in [0.3, 0.4) is 0 Å². The summed E-state index contributed by atoms with van der Waals surface area (Å²) in [5, 5.41) is 3.10. The standard InChI is InChI=1S/C22H27BrN2O2S/c1-16-13-25(14-17(2)27-16)15-18-5-3-4-6-21(18)24-22(26)11-12-28-20-9-7-19(23)8-10-20/h3-10,16-17H,11-15H2,1-2H3,(H,24,26). The molecule has 2 aromatic carbocycles. The first-order valence-corrected chi connectivity index (χ1v) is 11.4. The van der Waals surface area contributed by atoms with Gasteiger partial charge in [0.05, 0.1) is 12.2 Å². The molecule has 1 aliphatic heterocycles. The summed E-state index contributed by atoms with van der Waals surface area (Å²) < 4.78 is 6.88. The summed E-state index contributed by atoms with van der Waals surface area (Å²) in [6.45, 7) is 6.87. The molecule has 4 nitrogen and oxygen atoms in total. The predicted octanol–water partition coefficient (Wildman–Crippen LogP) is 5.18. The number of para-hydroxylation sites is 1. The Labute approximate surface area is 180 Å². The third-order valence-electron chi connectivity index (χ3n) is 4.59. The summed E-state index contributed by atoms with van der Waals surface area (Å²) in [5.41, 5.74) is 2.06. The third kappa shape index (κ3) is 6.62. The van der Waals surface area contributed by atoms with Crippen LogP contribution in [0.4, 0.5) is 5.69 Å². The fourth-order valence-corrected chi connectivity index (χ4v) is 4.56. The molecule has 150 valence electrons. The van der Waals surface area contributed by atoms with Crippen LogP contribution in [0.25, 0.3) is 0 Å². The van der Waals surface area contributed by atoms with Gasteiger partial charge in [-0.25, -0.2) is 0 Å². The van der Waals surface area contributed by atoms with Crippen LogP contribution in [0.5, 0.6) is 0 Å². The Hall–Kier alpha value is -1.34. The van der Waals surface area contributed by atoms with E-state index in [4.69, 9.17) is 4.74 Å². The van der Waals surface area contributed by atoms with Crippen molar-refractivity contribution in [3.63, 3.8) is 0 Å². The Kier molecular flexibility index (Phi) is 7.97. The molecule has 3 rings (SSSR count). The molecule has 0 bridgehead atoms. The van der Waals surface area contributed by atoms with Crippen molar-refractivity contribution >= 4 is 39.3 Å². The topological polar surface area (TPSA) is 41.6 Å². The number of carbonyl (C=O) groups is 1. The number of nitrogens with zero attached hydrogens (tertiary/aromatic N) is 1. The fraction of sp³-hybridized carbons (Fsp3) is 0.409. The van der Waals surface area contributed by atoms with Gasteiger partial charge in [0.2, 0.25) is 5.91 Å². The molecule has 1 aliphatic rings. The highest BCUT2D eigenvalue weighted by molar-refractivity contribution is 9.10. The number of carbonyl (C=O) groups excluding carboxylic acids is 1. The molecule has 6 heteroatoms. The second-order valence-corrected chi connectivity index (χ2v) is 9.29. The summed E-state index contributed by atoms with van der Waals surface area (Å²) in [7, 11) is 0. The molecule has 1 saturated heterocycles. The van der Waals surface area contributed by atoms with Gasteiger partial charge in [0, 0.05) is 46.9 Å². The van der Waals surface area contributed by atoms with Crippen molar-refractivity contribution in [2.24, 2.45) is 0 Å². The second kappa shape index (κ2) is 10.4. The number of halogens is 1. The monoisotopic (exact) mass is 462 g/mol. The summed E-state index contributed by atoms with van der Waals surface area (Å²) in [4.78, 5) is 16.0. The van der Waals surface area contributed by atoms with Crippen molar-refractivity contribution in [2.45, 2.75) is 43.9 Å². The van der Waals surface area contributed by atoms with Crippen LogP contribution in [0.15, 0.2) is 57.9 Å². The molecule has 0 aromatic heterocycles. The van der Waals surface area contributed by atoms with E-state index in [-0.39, 0.29) is 18.1 Å². The maximum absolute atomic E-state index is 12.4. The van der Waals surface area contributed by atoms with Crippen LogP contribution >= 0.6 is 27.7 Å². The Morgan fingerprint density at radius 3 is 2.54 bits per heavy atom. The minimum atomic E-state index is 0.0563. The van der Waals surface area contributed by atoms with E-state index >= 15 is 0 Å². The Morgan fingerprint density at radius 1 is 1.14 bits per heavy atom. The normalized spacial score (nSPS) is 20.1. The molecular formula is C22H27BrN2O2S. The lowest BCUT2D eigenvalue weighted by molar-refractivity contribution is -0.115. The lowest BCUT2D eigenvalue weighted by Crippen LogP contribution is -2.44. The number of benzene rings is 2. The van der Waals surface area contributed by atoms with Gasteiger partial charge in [-0.15, -0.1) is 11.8 Å². The zero-order valence-corrected chi connectivity index (χ0v) is 18.8. The molecule has 2 aromatic rings. The average Bonchev–Trinajstić information content (AvgIpc) is 2.64.